The van der Waals surface area contributed by atoms with Gasteiger partial charge in [-0.15, -0.1) is 0 Å². The minimum atomic E-state index is -0.374. The van der Waals surface area contributed by atoms with Crippen LogP contribution in [-0.4, -0.2) is 48.4 Å². The summed E-state index contributed by atoms with van der Waals surface area (Å²) >= 11 is 0. The molecule has 0 atom stereocenters. The Hall–Kier alpha value is -3.52. The first kappa shape index (κ1) is 31.0. The fourth-order valence-corrected chi connectivity index (χ4v) is 4.64. The Labute approximate surface area is 235 Å². The minimum absolute atomic E-state index is 0.000900. The number of amides is 2. The van der Waals surface area contributed by atoms with Crippen molar-refractivity contribution in [2.45, 2.75) is 71.4 Å². The van der Waals surface area contributed by atoms with E-state index in [0.717, 1.165) is 19.3 Å². The minimum Gasteiger partial charge on any atom is -0.464 e. The molecule has 0 aliphatic carbocycles. The van der Waals surface area contributed by atoms with Crippen LogP contribution >= 0.6 is 0 Å². The van der Waals surface area contributed by atoms with Gasteiger partial charge >= 0.3 is 0 Å². The summed E-state index contributed by atoms with van der Waals surface area (Å²) in [5.41, 5.74) is 1.30. The highest BCUT2D eigenvalue weighted by molar-refractivity contribution is 5.85. The van der Waals surface area contributed by atoms with Crippen LogP contribution in [0.5, 0.6) is 0 Å². The Kier molecular flexibility index (Phi) is 12.8. The van der Waals surface area contributed by atoms with E-state index in [4.69, 9.17) is 9.15 Å². The van der Waals surface area contributed by atoms with E-state index in [1.54, 1.807) is 48.4 Å². The van der Waals surface area contributed by atoms with Gasteiger partial charge in [-0.2, -0.15) is 0 Å². The van der Waals surface area contributed by atoms with Gasteiger partial charge in [0.2, 0.25) is 11.8 Å². The number of para-hydroxylation sites is 1. The molecule has 0 spiro atoms. The maximum Gasteiger partial charge on any atom is 0.242 e. The maximum absolute atomic E-state index is 13.7. The van der Waals surface area contributed by atoms with Crippen molar-refractivity contribution in [2.75, 3.05) is 26.8 Å². The number of methoxy groups -OCH3 is 1. The molecule has 0 N–H and O–H groups in total. The molecule has 0 unspecified atom stereocenters. The number of unbranched alkanes of at least 4 members (excludes halogenated alkanes) is 5. The standard InChI is InChI=1S/C32H41FN2O5/c1-3-4-5-6-7-8-14-30(36)34(19-11-20-39-2)23-31(37)35(21-25-15-17-27(33)18-16-25)22-26-24-40-29-13-10-9-12-28(29)32(26)38/h9-10,12-13,15-18,24H,3-8,11,14,19-23H2,1-2H3. The van der Waals surface area contributed by atoms with Crippen LogP contribution in [0.3, 0.4) is 0 Å². The molecule has 2 amide bonds. The molecular weight excluding hydrogens is 511 g/mol. The molecule has 8 heteroatoms. The Morgan fingerprint density at radius 3 is 2.35 bits per heavy atom. The molecule has 0 aliphatic rings. The average Bonchev–Trinajstić information content (AvgIpc) is 2.96. The number of benzene rings is 2. The molecule has 0 saturated carbocycles. The topological polar surface area (TPSA) is 80.1 Å². The molecule has 1 aromatic heterocycles. The van der Waals surface area contributed by atoms with E-state index in [2.05, 4.69) is 6.92 Å². The van der Waals surface area contributed by atoms with Gasteiger partial charge in [0.1, 0.15) is 11.4 Å². The predicted molar refractivity (Wildman–Crippen MR) is 154 cm³/mol. The summed E-state index contributed by atoms with van der Waals surface area (Å²) in [7, 11) is 1.60. The summed E-state index contributed by atoms with van der Waals surface area (Å²) in [5.74, 6) is -0.737. The van der Waals surface area contributed by atoms with Gasteiger partial charge in [0.15, 0.2) is 5.43 Å². The molecule has 0 fully saturated rings. The molecule has 0 radical (unpaired) electrons. The third-order valence-corrected chi connectivity index (χ3v) is 6.95. The SMILES string of the molecule is CCCCCCCCC(=O)N(CCCOC)CC(=O)N(Cc1ccc(F)cc1)Cc1coc2ccccc2c1=O. The van der Waals surface area contributed by atoms with Gasteiger partial charge in [-0.05, 0) is 42.7 Å². The predicted octanol–water partition coefficient (Wildman–Crippen LogP) is 6.08. The molecule has 0 saturated heterocycles. The highest BCUT2D eigenvalue weighted by atomic mass is 19.1. The number of ether oxygens (including phenoxy) is 1. The number of rotatable bonds is 17. The lowest BCUT2D eigenvalue weighted by molar-refractivity contribution is -0.141. The fourth-order valence-electron chi connectivity index (χ4n) is 4.64. The lowest BCUT2D eigenvalue weighted by Crippen LogP contribution is -2.43. The Bertz CT molecular complexity index is 1270. The van der Waals surface area contributed by atoms with Crippen molar-refractivity contribution in [3.63, 3.8) is 0 Å². The zero-order valence-electron chi connectivity index (χ0n) is 23.7. The van der Waals surface area contributed by atoms with Gasteiger partial charge in [0.25, 0.3) is 0 Å². The molecule has 40 heavy (non-hydrogen) atoms. The van der Waals surface area contributed by atoms with E-state index in [9.17, 15) is 18.8 Å². The van der Waals surface area contributed by atoms with Gasteiger partial charge in [0, 0.05) is 33.2 Å². The highest BCUT2D eigenvalue weighted by Gasteiger charge is 2.23. The monoisotopic (exact) mass is 552 g/mol. The molecule has 0 bridgehead atoms. The maximum atomic E-state index is 13.7. The molecule has 7 nitrogen and oxygen atoms in total. The zero-order valence-corrected chi connectivity index (χ0v) is 23.7. The third-order valence-electron chi connectivity index (χ3n) is 6.95. The molecule has 1 heterocycles. The number of nitrogens with zero attached hydrogens (tertiary/aromatic N) is 2. The molecule has 0 aliphatic heterocycles. The molecule has 216 valence electrons. The summed E-state index contributed by atoms with van der Waals surface area (Å²) in [5, 5.41) is 0.435. The molecular formula is C32H41FN2O5. The van der Waals surface area contributed by atoms with E-state index in [0.29, 0.717) is 48.1 Å². The quantitative estimate of drug-likeness (QED) is 0.190. The largest absolute Gasteiger partial charge is 0.464 e. The number of hydrogen-bond donors (Lipinski definition) is 0. The smallest absolute Gasteiger partial charge is 0.242 e. The highest BCUT2D eigenvalue weighted by Crippen LogP contribution is 2.15. The summed E-state index contributed by atoms with van der Waals surface area (Å²) in [6.07, 6.45) is 8.79. The van der Waals surface area contributed by atoms with Crippen LogP contribution in [0, 0.1) is 5.82 Å². The molecule has 3 rings (SSSR count). The summed E-state index contributed by atoms with van der Waals surface area (Å²) in [4.78, 5) is 43.1. The van der Waals surface area contributed by atoms with E-state index in [-0.39, 0.29) is 42.7 Å². The van der Waals surface area contributed by atoms with Crippen LogP contribution in [-0.2, 0) is 27.4 Å². The Morgan fingerprint density at radius 1 is 0.875 bits per heavy atom. The molecule has 2 aromatic carbocycles. The number of hydrogen-bond acceptors (Lipinski definition) is 5. The van der Waals surface area contributed by atoms with Crippen LogP contribution in [0.25, 0.3) is 11.0 Å². The van der Waals surface area contributed by atoms with Gasteiger partial charge in [-0.3, -0.25) is 14.4 Å². The average molecular weight is 553 g/mol. The second-order valence-corrected chi connectivity index (χ2v) is 10.1. The van der Waals surface area contributed by atoms with Gasteiger partial charge in [0.05, 0.1) is 30.3 Å². The van der Waals surface area contributed by atoms with Crippen LogP contribution in [0.15, 0.2) is 64.0 Å². The van der Waals surface area contributed by atoms with Gasteiger partial charge in [-0.1, -0.05) is 63.3 Å². The second-order valence-electron chi connectivity index (χ2n) is 10.1. The fraction of sp³-hybridized carbons (Fsp3) is 0.469. The van der Waals surface area contributed by atoms with Crippen molar-refractivity contribution in [1.82, 2.24) is 9.80 Å². The van der Waals surface area contributed by atoms with Crippen LogP contribution < -0.4 is 5.43 Å². The van der Waals surface area contributed by atoms with Crippen molar-refractivity contribution in [3.8, 4) is 0 Å². The van der Waals surface area contributed by atoms with Crippen LogP contribution in [0.1, 0.15) is 69.4 Å². The van der Waals surface area contributed by atoms with Crippen molar-refractivity contribution in [2.24, 2.45) is 0 Å². The zero-order chi connectivity index (χ0) is 28.7. The van der Waals surface area contributed by atoms with E-state index >= 15 is 0 Å². The normalized spacial score (nSPS) is 11.1. The van der Waals surface area contributed by atoms with Crippen LogP contribution in [0.4, 0.5) is 4.39 Å². The Balaban J connectivity index is 1.77. The molecule has 3 aromatic rings. The summed E-state index contributed by atoms with van der Waals surface area (Å²) < 4.78 is 24.4. The van der Waals surface area contributed by atoms with Crippen LogP contribution in [0.2, 0.25) is 0 Å². The second kappa shape index (κ2) is 16.6. The number of halogens is 1. The first-order valence-electron chi connectivity index (χ1n) is 14.2. The van der Waals surface area contributed by atoms with Crippen molar-refractivity contribution >= 4 is 22.8 Å². The summed E-state index contributed by atoms with van der Waals surface area (Å²) in [6, 6.07) is 12.8. The van der Waals surface area contributed by atoms with Gasteiger partial charge < -0.3 is 19.0 Å². The first-order chi connectivity index (χ1) is 19.4. The van der Waals surface area contributed by atoms with Gasteiger partial charge in [-0.25, -0.2) is 4.39 Å². The Morgan fingerprint density at radius 2 is 1.60 bits per heavy atom. The summed E-state index contributed by atoms with van der Waals surface area (Å²) in [6.45, 7) is 3.09. The third kappa shape index (κ3) is 9.59. The number of carbonyl (C=O) groups excluding carboxylic acids is 2. The van der Waals surface area contributed by atoms with E-state index in [1.165, 1.54) is 42.6 Å². The lowest BCUT2D eigenvalue weighted by Gasteiger charge is -2.28. The van der Waals surface area contributed by atoms with E-state index in [1.807, 2.05) is 0 Å². The number of carbonyl (C=O) groups is 2. The van der Waals surface area contributed by atoms with Crippen molar-refractivity contribution in [3.05, 3.63) is 82.0 Å². The lowest BCUT2D eigenvalue weighted by atomic mass is 10.1. The number of fused-ring (bicyclic) bond motifs is 1. The first-order valence-corrected chi connectivity index (χ1v) is 14.2. The van der Waals surface area contributed by atoms with Crippen molar-refractivity contribution in [1.29, 1.82) is 0 Å². The van der Waals surface area contributed by atoms with E-state index < -0.39 is 0 Å². The van der Waals surface area contributed by atoms with Crippen molar-refractivity contribution < 1.29 is 23.1 Å².